The van der Waals surface area contributed by atoms with E-state index in [1.54, 1.807) is 20.8 Å². The van der Waals surface area contributed by atoms with Crippen molar-refractivity contribution in [1.82, 2.24) is 19.9 Å². The molecule has 0 saturated heterocycles. The number of carbonyl (C=O) groups is 4. The summed E-state index contributed by atoms with van der Waals surface area (Å²) in [6.07, 6.45) is -5.37. The molecule has 13 nitrogen and oxygen atoms in total. The van der Waals surface area contributed by atoms with Gasteiger partial charge >= 0.3 is 24.0 Å². The molecule has 0 bridgehead atoms. The van der Waals surface area contributed by atoms with Crippen molar-refractivity contribution >= 4 is 46.9 Å². The summed E-state index contributed by atoms with van der Waals surface area (Å²) < 4.78 is 50.8. The van der Waals surface area contributed by atoms with E-state index in [2.05, 4.69) is 19.9 Å². The minimum Gasteiger partial charge on any atom is -0.457 e. The first kappa shape index (κ1) is 30.6. The van der Waals surface area contributed by atoms with Gasteiger partial charge in [0.1, 0.15) is 11.9 Å². The van der Waals surface area contributed by atoms with Gasteiger partial charge < -0.3 is 20.0 Å². The standard InChI is InChI=1S/C25H25F3N6O7/c1-24(2,3)41-21(38)16(5-4-10-35)40-20(37)13-6-8-15(9-7-13)34(22(39)25(26,27)28)12-14-11-30-18-17(31-14)19(36)33-23(29)32-18/h6-11,16H,4-5,12H2,1-3H3,(H3,29,30,32,33,36)/t16-/m1/s1. The smallest absolute Gasteiger partial charge is 0.457 e. The van der Waals surface area contributed by atoms with E-state index < -0.39 is 47.8 Å². The Morgan fingerprint density at radius 2 is 1.78 bits per heavy atom. The van der Waals surface area contributed by atoms with Crippen LogP contribution in [-0.4, -0.2) is 61.9 Å². The molecule has 1 atom stereocenters. The molecule has 1 aromatic carbocycles. The van der Waals surface area contributed by atoms with E-state index in [1.165, 1.54) is 0 Å². The summed E-state index contributed by atoms with van der Waals surface area (Å²) in [4.78, 5) is 74.4. The minimum absolute atomic E-state index is 0.0996. The Morgan fingerprint density at radius 1 is 1.12 bits per heavy atom. The second kappa shape index (κ2) is 12.1. The molecule has 0 saturated carbocycles. The van der Waals surface area contributed by atoms with Crippen LogP contribution in [-0.2, 0) is 30.4 Å². The Bertz CT molecular complexity index is 1520. The molecule has 41 heavy (non-hydrogen) atoms. The fourth-order valence-corrected chi connectivity index (χ4v) is 3.43. The number of benzene rings is 1. The molecule has 0 aliphatic heterocycles. The molecule has 0 spiro atoms. The molecule has 0 unspecified atom stereocenters. The number of H-pyrrole nitrogens is 1. The molecule has 2 heterocycles. The number of nitrogens with zero attached hydrogens (tertiary/aromatic N) is 4. The van der Waals surface area contributed by atoms with Crippen molar-refractivity contribution in [2.75, 3.05) is 10.6 Å². The molecule has 2 aromatic heterocycles. The number of hydrogen-bond acceptors (Lipinski definition) is 11. The lowest BCUT2D eigenvalue weighted by Crippen LogP contribution is -2.41. The molecule has 0 fully saturated rings. The van der Waals surface area contributed by atoms with Gasteiger partial charge in [-0.2, -0.15) is 18.2 Å². The van der Waals surface area contributed by atoms with Gasteiger partial charge in [-0.15, -0.1) is 0 Å². The lowest BCUT2D eigenvalue weighted by atomic mass is 10.1. The largest absolute Gasteiger partial charge is 0.471 e. The lowest BCUT2D eigenvalue weighted by molar-refractivity contribution is -0.170. The average molecular weight is 579 g/mol. The number of carbonyl (C=O) groups excluding carboxylic acids is 4. The van der Waals surface area contributed by atoms with Crippen LogP contribution >= 0.6 is 0 Å². The number of halogens is 3. The van der Waals surface area contributed by atoms with Crippen molar-refractivity contribution in [2.24, 2.45) is 0 Å². The number of fused-ring (bicyclic) bond motifs is 1. The van der Waals surface area contributed by atoms with Crippen LogP contribution in [0, 0.1) is 0 Å². The van der Waals surface area contributed by atoms with Crippen LogP contribution in [0.25, 0.3) is 11.2 Å². The van der Waals surface area contributed by atoms with E-state index in [9.17, 15) is 37.1 Å². The Labute approximate surface area is 229 Å². The SMILES string of the molecule is CC(C)(C)OC(=O)[C@@H](CCC=O)OC(=O)c1ccc(N(Cc2cnc3nc(N)[nH]c(=O)c3n2)C(=O)C(F)(F)F)cc1. The molecule has 218 valence electrons. The Hall–Kier alpha value is -4.89. The second-order valence-electron chi connectivity index (χ2n) is 9.59. The number of nitrogens with one attached hydrogen (secondary N) is 1. The number of esters is 2. The molecule has 0 aliphatic carbocycles. The number of aromatic nitrogens is 4. The number of ether oxygens (including phenoxy) is 2. The number of nitrogens with two attached hydrogens (primary N) is 1. The van der Waals surface area contributed by atoms with Crippen LogP contribution < -0.4 is 16.2 Å². The minimum atomic E-state index is -5.28. The maximum absolute atomic E-state index is 13.4. The summed E-state index contributed by atoms with van der Waals surface area (Å²) in [5, 5.41) is 0. The van der Waals surface area contributed by atoms with Gasteiger partial charge in [0.2, 0.25) is 5.95 Å². The van der Waals surface area contributed by atoms with Gasteiger partial charge in [0.15, 0.2) is 17.3 Å². The van der Waals surface area contributed by atoms with E-state index >= 15 is 0 Å². The molecule has 0 radical (unpaired) electrons. The van der Waals surface area contributed by atoms with Crippen molar-refractivity contribution in [2.45, 2.75) is 58.0 Å². The second-order valence-corrected chi connectivity index (χ2v) is 9.59. The summed E-state index contributed by atoms with van der Waals surface area (Å²) in [6, 6.07) is 4.28. The number of aldehydes is 1. The highest BCUT2D eigenvalue weighted by Crippen LogP contribution is 2.26. The highest BCUT2D eigenvalue weighted by atomic mass is 19.4. The number of amides is 1. The molecule has 3 aromatic rings. The fraction of sp³-hybridized carbons (Fsp3) is 0.360. The lowest BCUT2D eigenvalue weighted by Gasteiger charge is -2.24. The van der Waals surface area contributed by atoms with E-state index in [0.717, 1.165) is 30.5 Å². The normalized spacial score (nSPS) is 12.4. The van der Waals surface area contributed by atoms with Gasteiger partial charge in [0.25, 0.3) is 5.56 Å². The Balaban J connectivity index is 1.87. The average Bonchev–Trinajstić information content (AvgIpc) is 2.88. The van der Waals surface area contributed by atoms with Gasteiger partial charge in [0, 0.05) is 18.5 Å². The molecule has 3 rings (SSSR count). The molecular weight excluding hydrogens is 553 g/mol. The van der Waals surface area contributed by atoms with Gasteiger partial charge in [0.05, 0.1) is 24.0 Å². The summed E-state index contributed by atoms with van der Waals surface area (Å²) in [5.74, 6) is -4.38. The fourth-order valence-electron chi connectivity index (χ4n) is 3.43. The molecule has 3 N–H and O–H groups in total. The zero-order chi connectivity index (χ0) is 30.5. The third kappa shape index (κ3) is 8.06. The first-order chi connectivity index (χ1) is 19.1. The molecular formula is C25H25F3N6O7. The molecule has 16 heteroatoms. The molecule has 0 aliphatic rings. The van der Waals surface area contributed by atoms with Gasteiger partial charge in [-0.3, -0.25) is 19.5 Å². The van der Waals surface area contributed by atoms with Crippen molar-refractivity contribution in [1.29, 1.82) is 0 Å². The predicted molar refractivity (Wildman–Crippen MR) is 136 cm³/mol. The van der Waals surface area contributed by atoms with E-state index in [-0.39, 0.29) is 46.9 Å². The van der Waals surface area contributed by atoms with Crippen LogP contribution in [0.3, 0.4) is 0 Å². The monoisotopic (exact) mass is 578 g/mol. The number of anilines is 2. The van der Waals surface area contributed by atoms with Crippen LogP contribution in [0.15, 0.2) is 35.3 Å². The third-order valence-electron chi connectivity index (χ3n) is 5.17. The van der Waals surface area contributed by atoms with Crippen LogP contribution in [0.5, 0.6) is 0 Å². The maximum atomic E-state index is 13.4. The Morgan fingerprint density at radius 3 is 2.37 bits per heavy atom. The van der Waals surface area contributed by atoms with E-state index in [4.69, 9.17) is 15.2 Å². The van der Waals surface area contributed by atoms with Crippen molar-refractivity contribution in [3.63, 3.8) is 0 Å². The number of nitrogen functional groups attached to an aromatic ring is 1. The number of rotatable bonds is 9. The first-order valence-corrected chi connectivity index (χ1v) is 12.0. The van der Waals surface area contributed by atoms with Crippen LogP contribution in [0.4, 0.5) is 24.8 Å². The topological polar surface area (TPSA) is 188 Å². The van der Waals surface area contributed by atoms with Crippen molar-refractivity contribution in [3.05, 3.63) is 52.1 Å². The maximum Gasteiger partial charge on any atom is 0.471 e. The predicted octanol–water partition coefficient (Wildman–Crippen LogP) is 2.24. The summed E-state index contributed by atoms with van der Waals surface area (Å²) in [6.45, 7) is 4.06. The van der Waals surface area contributed by atoms with Gasteiger partial charge in [-0.1, -0.05) is 0 Å². The Kier molecular flexibility index (Phi) is 9.04. The zero-order valence-corrected chi connectivity index (χ0v) is 22.0. The zero-order valence-electron chi connectivity index (χ0n) is 22.0. The highest BCUT2D eigenvalue weighted by Gasteiger charge is 2.43. The number of aromatic amines is 1. The number of hydrogen-bond donors (Lipinski definition) is 2. The van der Waals surface area contributed by atoms with Gasteiger partial charge in [-0.05, 0) is 45.0 Å². The molecule has 1 amide bonds. The summed E-state index contributed by atoms with van der Waals surface area (Å²) in [7, 11) is 0. The third-order valence-corrected chi connectivity index (χ3v) is 5.17. The van der Waals surface area contributed by atoms with Crippen molar-refractivity contribution in [3.8, 4) is 0 Å². The van der Waals surface area contributed by atoms with Gasteiger partial charge in [-0.25, -0.2) is 19.6 Å². The van der Waals surface area contributed by atoms with E-state index in [1.807, 2.05) is 0 Å². The first-order valence-electron chi connectivity index (χ1n) is 12.0. The van der Waals surface area contributed by atoms with Crippen LogP contribution in [0.2, 0.25) is 0 Å². The van der Waals surface area contributed by atoms with Crippen LogP contribution in [0.1, 0.15) is 49.7 Å². The highest BCUT2D eigenvalue weighted by molar-refractivity contribution is 5.98. The van der Waals surface area contributed by atoms with E-state index in [0.29, 0.717) is 11.2 Å². The summed E-state index contributed by atoms with van der Waals surface area (Å²) in [5.41, 5.74) is 2.70. The number of alkyl halides is 3. The van der Waals surface area contributed by atoms with Crippen molar-refractivity contribution < 1.29 is 41.8 Å². The quantitative estimate of drug-likeness (QED) is 0.280. The summed E-state index contributed by atoms with van der Waals surface area (Å²) >= 11 is 0.